The summed E-state index contributed by atoms with van der Waals surface area (Å²) in [5, 5.41) is 3.51. The Hall–Kier alpha value is -3.87. The molecule has 0 fully saturated rings. The molecule has 7 heteroatoms. The number of hydrogen-bond acceptors (Lipinski definition) is 3. The maximum Gasteiger partial charge on any atom is 0.259 e. The van der Waals surface area contributed by atoms with Crippen LogP contribution in [0.1, 0.15) is 11.1 Å². The van der Waals surface area contributed by atoms with Crippen LogP contribution in [0.15, 0.2) is 48.8 Å². The van der Waals surface area contributed by atoms with E-state index in [1.54, 1.807) is 49.3 Å². The standard InChI is InChI=1S/C23H18FN3O3/c1-26-11-15(19-16(24)5-4-6-17(19)26)21-20(22(28)25-23(21)29)14-10-27(2)18-9-12(30-3)7-8-13(14)18/h4-11H,1-3H3,(H,25,28,29). The van der Waals surface area contributed by atoms with Crippen LogP contribution in [0.5, 0.6) is 5.75 Å². The van der Waals surface area contributed by atoms with Crippen LogP contribution in [0, 0.1) is 5.82 Å². The Kier molecular flexibility index (Phi) is 3.83. The van der Waals surface area contributed by atoms with E-state index in [1.807, 2.05) is 23.7 Å². The monoisotopic (exact) mass is 403 g/mol. The van der Waals surface area contributed by atoms with E-state index >= 15 is 0 Å². The third-order valence-corrected chi connectivity index (χ3v) is 5.63. The highest BCUT2D eigenvalue weighted by atomic mass is 19.1. The lowest BCUT2D eigenvalue weighted by molar-refractivity contribution is -0.122. The minimum absolute atomic E-state index is 0.180. The molecule has 6 nitrogen and oxygen atoms in total. The van der Waals surface area contributed by atoms with Crippen molar-refractivity contribution < 1.29 is 18.7 Å². The van der Waals surface area contributed by atoms with Gasteiger partial charge in [0.25, 0.3) is 11.8 Å². The molecule has 1 aliphatic rings. The van der Waals surface area contributed by atoms with Gasteiger partial charge in [-0.2, -0.15) is 0 Å². The second-order valence-corrected chi connectivity index (χ2v) is 7.36. The van der Waals surface area contributed by atoms with Gasteiger partial charge in [0.15, 0.2) is 0 Å². The molecule has 0 bridgehead atoms. The third-order valence-electron chi connectivity index (χ3n) is 5.63. The van der Waals surface area contributed by atoms with Gasteiger partial charge in [0.2, 0.25) is 0 Å². The fraction of sp³-hybridized carbons (Fsp3) is 0.130. The Balaban J connectivity index is 1.86. The molecule has 30 heavy (non-hydrogen) atoms. The predicted molar refractivity (Wildman–Crippen MR) is 112 cm³/mol. The molecule has 0 aliphatic carbocycles. The highest BCUT2D eigenvalue weighted by Gasteiger charge is 2.35. The van der Waals surface area contributed by atoms with Crippen LogP contribution in [0.2, 0.25) is 0 Å². The second-order valence-electron chi connectivity index (χ2n) is 7.36. The first kappa shape index (κ1) is 18.2. The van der Waals surface area contributed by atoms with E-state index < -0.39 is 17.6 Å². The molecule has 5 rings (SSSR count). The number of fused-ring (bicyclic) bond motifs is 2. The average Bonchev–Trinajstić information content (AvgIpc) is 3.33. The quantitative estimate of drug-likeness (QED) is 0.534. The fourth-order valence-corrected chi connectivity index (χ4v) is 4.25. The Bertz CT molecular complexity index is 1420. The zero-order chi connectivity index (χ0) is 21.2. The van der Waals surface area contributed by atoms with Crippen molar-refractivity contribution >= 4 is 44.8 Å². The zero-order valence-electron chi connectivity index (χ0n) is 16.6. The highest BCUT2D eigenvalue weighted by Crippen LogP contribution is 2.39. The fourth-order valence-electron chi connectivity index (χ4n) is 4.25. The molecule has 0 saturated carbocycles. The molecule has 0 radical (unpaired) electrons. The summed E-state index contributed by atoms with van der Waals surface area (Å²) >= 11 is 0. The Labute approximate surface area is 171 Å². The number of aryl methyl sites for hydroxylation is 2. The number of halogens is 1. The summed E-state index contributed by atoms with van der Waals surface area (Å²) in [4.78, 5) is 25.7. The second kappa shape index (κ2) is 6.32. The number of nitrogens with zero attached hydrogens (tertiary/aromatic N) is 2. The molecule has 0 atom stereocenters. The van der Waals surface area contributed by atoms with Crippen molar-refractivity contribution in [1.29, 1.82) is 0 Å². The lowest BCUT2D eigenvalue weighted by Crippen LogP contribution is -2.22. The zero-order valence-corrected chi connectivity index (χ0v) is 16.6. The lowest BCUT2D eigenvalue weighted by atomic mass is 9.95. The summed E-state index contributed by atoms with van der Waals surface area (Å²) in [5.74, 6) is -0.778. The van der Waals surface area contributed by atoms with Gasteiger partial charge in [0, 0.05) is 54.5 Å². The van der Waals surface area contributed by atoms with Gasteiger partial charge in [-0.05, 0) is 24.3 Å². The smallest absolute Gasteiger partial charge is 0.259 e. The number of nitrogens with one attached hydrogen (secondary N) is 1. The van der Waals surface area contributed by atoms with Crippen LogP contribution < -0.4 is 10.1 Å². The van der Waals surface area contributed by atoms with E-state index in [0.29, 0.717) is 27.8 Å². The maximum absolute atomic E-state index is 14.7. The molecule has 1 N–H and O–H groups in total. The summed E-state index contributed by atoms with van der Waals surface area (Å²) in [6.07, 6.45) is 3.49. The Morgan fingerprint density at radius 1 is 0.900 bits per heavy atom. The van der Waals surface area contributed by atoms with E-state index in [0.717, 1.165) is 10.9 Å². The van der Waals surface area contributed by atoms with Crippen molar-refractivity contribution in [3.63, 3.8) is 0 Å². The van der Waals surface area contributed by atoms with Gasteiger partial charge in [-0.25, -0.2) is 4.39 Å². The summed E-state index contributed by atoms with van der Waals surface area (Å²) in [6.45, 7) is 0. The van der Waals surface area contributed by atoms with Gasteiger partial charge in [0.1, 0.15) is 11.6 Å². The minimum Gasteiger partial charge on any atom is -0.497 e. The summed E-state index contributed by atoms with van der Waals surface area (Å²) in [5.41, 5.74) is 2.93. The normalized spacial score (nSPS) is 14.3. The van der Waals surface area contributed by atoms with E-state index in [4.69, 9.17) is 4.74 Å². The van der Waals surface area contributed by atoms with Gasteiger partial charge in [-0.15, -0.1) is 0 Å². The largest absolute Gasteiger partial charge is 0.497 e. The molecule has 0 unspecified atom stereocenters. The molecule has 2 aromatic heterocycles. The first-order chi connectivity index (χ1) is 14.4. The first-order valence-electron chi connectivity index (χ1n) is 9.38. The minimum atomic E-state index is -0.531. The van der Waals surface area contributed by atoms with Gasteiger partial charge in [-0.1, -0.05) is 6.07 Å². The topological polar surface area (TPSA) is 65.3 Å². The third kappa shape index (κ3) is 2.41. The van der Waals surface area contributed by atoms with E-state index in [2.05, 4.69) is 5.32 Å². The van der Waals surface area contributed by atoms with Crippen LogP contribution in [0.4, 0.5) is 4.39 Å². The molecule has 2 aromatic carbocycles. The van der Waals surface area contributed by atoms with Crippen molar-refractivity contribution in [3.8, 4) is 5.75 Å². The number of carbonyl (C=O) groups is 2. The number of hydrogen-bond donors (Lipinski definition) is 1. The molecular weight excluding hydrogens is 385 g/mol. The molecule has 1 aliphatic heterocycles. The number of carbonyl (C=O) groups excluding carboxylic acids is 2. The molecule has 0 spiro atoms. The summed E-state index contributed by atoms with van der Waals surface area (Å²) in [6, 6.07) is 10.3. The average molecular weight is 403 g/mol. The van der Waals surface area contributed by atoms with Crippen LogP contribution in [0.25, 0.3) is 33.0 Å². The van der Waals surface area contributed by atoms with Crippen LogP contribution >= 0.6 is 0 Å². The molecule has 150 valence electrons. The van der Waals surface area contributed by atoms with Crippen molar-refractivity contribution in [2.24, 2.45) is 14.1 Å². The number of amides is 2. The number of benzene rings is 2. The van der Waals surface area contributed by atoms with Crippen LogP contribution in [-0.4, -0.2) is 28.1 Å². The molecular formula is C23H18FN3O3. The van der Waals surface area contributed by atoms with Gasteiger partial charge < -0.3 is 13.9 Å². The number of ether oxygens (including phenoxy) is 1. The predicted octanol–water partition coefficient (Wildman–Crippen LogP) is 3.38. The number of methoxy groups -OCH3 is 1. The molecule has 0 saturated heterocycles. The van der Waals surface area contributed by atoms with E-state index in [9.17, 15) is 14.0 Å². The van der Waals surface area contributed by atoms with Crippen LogP contribution in [-0.2, 0) is 23.7 Å². The van der Waals surface area contributed by atoms with E-state index in [1.165, 1.54) is 6.07 Å². The van der Waals surface area contributed by atoms with Crippen molar-refractivity contribution in [1.82, 2.24) is 14.5 Å². The van der Waals surface area contributed by atoms with Gasteiger partial charge in [0.05, 0.1) is 29.3 Å². The van der Waals surface area contributed by atoms with E-state index in [-0.39, 0.29) is 11.1 Å². The van der Waals surface area contributed by atoms with Crippen LogP contribution in [0.3, 0.4) is 0 Å². The number of aromatic nitrogens is 2. The number of rotatable bonds is 3. The lowest BCUT2D eigenvalue weighted by Gasteiger charge is -2.04. The molecule has 3 heterocycles. The Morgan fingerprint density at radius 3 is 2.30 bits per heavy atom. The molecule has 4 aromatic rings. The van der Waals surface area contributed by atoms with Gasteiger partial charge >= 0.3 is 0 Å². The number of imide groups is 1. The van der Waals surface area contributed by atoms with Crippen molar-refractivity contribution in [2.45, 2.75) is 0 Å². The van der Waals surface area contributed by atoms with Gasteiger partial charge in [-0.3, -0.25) is 14.9 Å². The summed E-state index contributed by atoms with van der Waals surface area (Å²) < 4.78 is 23.7. The van der Waals surface area contributed by atoms with Crippen molar-refractivity contribution in [3.05, 3.63) is 65.7 Å². The maximum atomic E-state index is 14.7. The van der Waals surface area contributed by atoms with Crippen molar-refractivity contribution in [2.75, 3.05) is 7.11 Å². The summed E-state index contributed by atoms with van der Waals surface area (Å²) in [7, 11) is 5.23. The highest BCUT2D eigenvalue weighted by molar-refractivity contribution is 6.50. The Morgan fingerprint density at radius 2 is 1.57 bits per heavy atom. The SMILES string of the molecule is COc1ccc2c(C3=C(c4cn(C)c5cccc(F)c45)C(=O)NC3=O)cn(C)c2c1. The first-order valence-corrected chi connectivity index (χ1v) is 9.38. The molecule has 2 amide bonds.